The molecular formula is C17H24F3N4O4+. The van der Waals surface area contributed by atoms with Gasteiger partial charge in [-0.05, 0) is 18.6 Å². The van der Waals surface area contributed by atoms with E-state index in [0.29, 0.717) is 29.3 Å². The predicted octanol–water partition coefficient (Wildman–Crippen LogP) is 0.317. The maximum Gasteiger partial charge on any atom is 0.405 e. The lowest BCUT2D eigenvalue weighted by Crippen LogP contribution is -3.14. The van der Waals surface area contributed by atoms with Crippen LogP contribution in [0.3, 0.4) is 0 Å². The zero-order chi connectivity index (χ0) is 21.2. The monoisotopic (exact) mass is 405 g/mol. The molecule has 11 heteroatoms. The minimum absolute atomic E-state index is 0.0660. The van der Waals surface area contributed by atoms with Gasteiger partial charge in [0, 0.05) is 0 Å². The number of anilines is 1. The van der Waals surface area contributed by atoms with Gasteiger partial charge < -0.3 is 20.3 Å². The summed E-state index contributed by atoms with van der Waals surface area (Å²) in [6.45, 7) is 0.456. The lowest BCUT2D eigenvalue weighted by Gasteiger charge is -2.18. The Labute approximate surface area is 160 Å². The highest BCUT2D eigenvalue weighted by Crippen LogP contribution is 2.22. The number of rotatable bonds is 9. The van der Waals surface area contributed by atoms with Crippen molar-refractivity contribution in [3.05, 3.63) is 24.3 Å². The summed E-state index contributed by atoms with van der Waals surface area (Å²) in [5.41, 5.74) is 0.474. The standard InChI is InChI=1S/C17H23F3N4O4/c1-3-8-24(10-15(26)23-16(27)21-11-17(18,19)20)9-14(25)22-12-6-4-5-7-13(12)28-2/h4-7H,3,8-11H2,1-2H3,(H,22,25)(H2,21,23,26,27)/p+1. The molecule has 0 aromatic heterocycles. The SMILES string of the molecule is CCC[NH+](CC(=O)NC(=O)NCC(F)(F)F)CC(=O)Nc1ccccc1OC. The average molecular weight is 405 g/mol. The fourth-order valence-electron chi connectivity index (χ4n) is 2.38. The molecule has 0 bridgehead atoms. The maximum absolute atomic E-state index is 12.3. The zero-order valence-corrected chi connectivity index (χ0v) is 15.6. The summed E-state index contributed by atoms with van der Waals surface area (Å²) in [5, 5.41) is 6.05. The summed E-state index contributed by atoms with van der Waals surface area (Å²) < 4.78 is 41.3. The first-order valence-corrected chi connectivity index (χ1v) is 8.55. The first-order chi connectivity index (χ1) is 13.1. The Morgan fingerprint density at radius 3 is 2.36 bits per heavy atom. The number of benzene rings is 1. The quantitative estimate of drug-likeness (QED) is 0.475. The van der Waals surface area contributed by atoms with Gasteiger partial charge in [0.1, 0.15) is 12.3 Å². The van der Waals surface area contributed by atoms with Crippen molar-refractivity contribution < 1.29 is 37.2 Å². The number of nitrogens with one attached hydrogen (secondary N) is 4. The van der Waals surface area contributed by atoms with Gasteiger partial charge in [-0.1, -0.05) is 19.1 Å². The Morgan fingerprint density at radius 1 is 1.11 bits per heavy atom. The van der Waals surface area contributed by atoms with Gasteiger partial charge in [-0.15, -0.1) is 0 Å². The molecule has 0 heterocycles. The molecule has 0 saturated heterocycles. The topological polar surface area (TPSA) is 101 Å². The van der Waals surface area contributed by atoms with E-state index >= 15 is 0 Å². The summed E-state index contributed by atoms with van der Waals surface area (Å²) in [7, 11) is 1.47. The fourth-order valence-corrected chi connectivity index (χ4v) is 2.38. The van der Waals surface area contributed by atoms with Crippen LogP contribution in [0.4, 0.5) is 23.7 Å². The van der Waals surface area contributed by atoms with Gasteiger partial charge in [0.15, 0.2) is 13.1 Å². The van der Waals surface area contributed by atoms with E-state index in [2.05, 4.69) is 5.32 Å². The van der Waals surface area contributed by atoms with E-state index in [0.717, 1.165) is 0 Å². The minimum atomic E-state index is -4.57. The predicted molar refractivity (Wildman–Crippen MR) is 95.1 cm³/mol. The second kappa shape index (κ2) is 11.1. The number of hydrogen-bond donors (Lipinski definition) is 4. The van der Waals surface area contributed by atoms with Crippen LogP contribution in [0.1, 0.15) is 13.3 Å². The second-order valence-corrected chi connectivity index (χ2v) is 5.95. The number of halogens is 3. The van der Waals surface area contributed by atoms with E-state index in [1.165, 1.54) is 7.11 Å². The lowest BCUT2D eigenvalue weighted by atomic mass is 10.3. The molecule has 8 nitrogen and oxygen atoms in total. The molecule has 0 aliphatic rings. The third kappa shape index (κ3) is 9.21. The first-order valence-electron chi connectivity index (χ1n) is 8.55. The van der Waals surface area contributed by atoms with Crippen molar-refractivity contribution in [3.63, 3.8) is 0 Å². The van der Waals surface area contributed by atoms with Crippen LogP contribution in [0.15, 0.2) is 24.3 Å². The van der Waals surface area contributed by atoms with Gasteiger partial charge in [-0.2, -0.15) is 13.2 Å². The molecule has 1 aromatic carbocycles. The van der Waals surface area contributed by atoms with Gasteiger partial charge in [0.2, 0.25) is 0 Å². The summed E-state index contributed by atoms with van der Waals surface area (Å²) in [5.74, 6) is -0.678. The average Bonchev–Trinajstić information content (AvgIpc) is 2.60. The Balaban J connectivity index is 2.56. The van der Waals surface area contributed by atoms with E-state index in [-0.39, 0.29) is 19.0 Å². The summed E-state index contributed by atoms with van der Waals surface area (Å²) >= 11 is 0. The molecule has 1 unspecified atom stereocenters. The molecule has 156 valence electrons. The molecule has 4 N–H and O–H groups in total. The molecular weight excluding hydrogens is 381 g/mol. The molecule has 28 heavy (non-hydrogen) atoms. The van der Waals surface area contributed by atoms with Crippen LogP contribution in [-0.2, 0) is 9.59 Å². The van der Waals surface area contributed by atoms with Gasteiger partial charge in [0.25, 0.3) is 11.8 Å². The fraction of sp³-hybridized carbons (Fsp3) is 0.471. The second-order valence-electron chi connectivity index (χ2n) is 5.95. The number of carbonyl (C=O) groups is 3. The molecule has 0 spiro atoms. The van der Waals surface area contributed by atoms with E-state index < -0.39 is 24.7 Å². The van der Waals surface area contributed by atoms with E-state index in [1.807, 2.05) is 12.2 Å². The van der Waals surface area contributed by atoms with E-state index in [9.17, 15) is 27.6 Å². The maximum atomic E-state index is 12.3. The Bertz CT molecular complexity index is 683. The Kier molecular flexibility index (Phi) is 9.22. The number of quaternary nitrogens is 1. The number of amides is 4. The molecule has 1 rings (SSSR count). The smallest absolute Gasteiger partial charge is 0.405 e. The third-order valence-corrected chi connectivity index (χ3v) is 3.51. The number of imide groups is 1. The molecule has 0 radical (unpaired) electrons. The van der Waals surface area contributed by atoms with Crippen LogP contribution < -0.4 is 25.6 Å². The summed E-state index contributed by atoms with van der Waals surface area (Å²) in [6, 6.07) is 5.57. The van der Waals surface area contributed by atoms with Gasteiger partial charge >= 0.3 is 12.2 Å². The van der Waals surface area contributed by atoms with Crippen LogP contribution in [0.2, 0.25) is 0 Å². The van der Waals surface area contributed by atoms with Gasteiger partial charge in [-0.25, -0.2) is 4.79 Å². The Hall–Kier alpha value is -2.82. The highest BCUT2D eigenvalue weighted by molar-refractivity contribution is 5.95. The van der Waals surface area contributed by atoms with Crippen molar-refractivity contribution in [1.29, 1.82) is 0 Å². The molecule has 1 atom stereocenters. The van der Waals surface area contributed by atoms with Crippen LogP contribution in [-0.4, -0.2) is 57.3 Å². The van der Waals surface area contributed by atoms with Gasteiger partial charge in [-0.3, -0.25) is 14.9 Å². The number of para-hydroxylation sites is 2. The third-order valence-electron chi connectivity index (χ3n) is 3.51. The number of alkyl halides is 3. The highest BCUT2D eigenvalue weighted by atomic mass is 19.4. The number of ether oxygens (including phenoxy) is 1. The number of methoxy groups -OCH3 is 1. The Morgan fingerprint density at radius 2 is 1.75 bits per heavy atom. The van der Waals surface area contributed by atoms with Crippen molar-refractivity contribution in [3.8, 4) is 5.75 Å². The van der Waals surface area contributed by atoms with Crippen molar-refractivity contribution in [1.82, 2.24) is 10.6 Å². The van der Waals surface area contributed by atoms with Crippen molar-refractivity contribution in [2.45, 2.75) is 19.5 Å². The van der Waals surface area contributed by atoms with E-state index in [1.54, 1.807) is 29.6 Å². The zero-order valence-electron chi connectivity index (χ0n) is 15.6. The van der Waals surface area contributed by atoms with Crippen molar-refractivity contribution in [2.24, 2.45) is 0 Å². The van der Waals surface area contributed by atoms with Gasteiger partial charge in [0.05, 0.1) is 19.3 Å². The molecule has 0 fully saturated rings. The molecule has 0 aliphatic carbocycles. The minimum Gasteiger partial charge on any atom is -0.495 e. The van der Waals surface area contributed by atoms with Crippen LogP contribution in [0.25, 0.3) is 0 Å². The number of carbonyl (C=O) groups excluding carboxylic acids is 3. The molecule has 4 amide bonds. The van der Waals surface area contributed by atoms with E-state index in [4.69, 9.17) is 4.74 Å². The van der Waals surface area contributed by atoms with Crippen LogP contribution in [0.5, 0.6) is 5.75 Å². The van der Waals surface area contributed by atoms with Crippen molar-refractivity contribution >= 4 is 23.5 Å². The largest absolute Gasteiger partial charge is 0.495 e. The molecule has 0 saturated carbocycles. The lowest BCUT2D eigenvalue weighted by molar-refractivity contribution is -0.883. The summed E-state index contributed by atoms with van der Waals surface area (Å²) in [6.07, 6.45) is -3.92. The number of hydrogen-bond acceptors (Lipinski definition) is 4. The molecule has 1 aromatic rings. The summed E-state index contributed by atoms with van der Waals surface area (Å²) in [4.78, 5) is 36.0. The van der Waals surface area contributed by atoms with Crippen molar-refractivity contribution in [2.75, 3.05) is 38.6 Å². The normalized spacial score (nSPS) is 12.0. The highest BCUT2D eigenvalue weighted by Gasteiger charge is 2.28. The van der Waals surface area contributed by atoms with Crippen LogP contribution >= 0.6 is 0 Å². The first kappa shape index (κ1) is 23.2. The van der Waals surface area contributed by atoms with Crippen LogP contribution in [0, 0.1) is 0 Å². The molecule has 0 aliphatic heterocycles. The number of urea groups is 1.